The second-order valence-electron chi connectivity index (χ2n) is 6.88. The second-order valence-corrected chi connectivity index (χ2v) is 7.86. The second kappa shape index (κ2) is 7.65. The Morgan fingerprint density at radius 2 is 1.93 bits per heavy atom. The minimum atomic E-state index is -0.176. The van der Waals surface area contributed by atoms with E-state index in [2.05, 4.69) is 42.3 Å². The zero-order valence-electron chi connectivity index (χ0n) is 15.5. The fourth-order valence-electron chi connectivity index (χ4n) is 3.33. The van der Waals surface area contributed by atoms with Gasteiger partial charge in [0.05, 0.1) is 10.6 Å². The Kier molecular flexibility index (Phi) is 5.08. The molecule has 1 saturated carbocycles. The first-order valence-electron chi connectivity index (χ1n) is 9.44. The Morgan fingerprint density at radius 1 is 1.19 bits per heavy atom. The summed E-state index contributed by atoms with van der Waals surface area (Å²) in [6.45, 7) is 6.74. The molecule has 1 aliphatic rings. The van der Waals surface area contributed by atoms with Crippen LogP contribution in [0.1, 0.15) is 36.9 Å². The fraction of sp³-hybridized carbons (Fsp3) is 0.261. The van der Waals surface area contributed by atoms with Gasteiger partial charge >= 0.3 is 0 Å². The molecule has 0 amide bonds. The lowest BCUT2D eigenvalue weighted by atomic mass is 10.1. The molecular weight excluding hydrogens is 355 g/mol. The highest BCUT2D eigenvalue weighted by atomic mass is 32.1. The van der Waals surface area contributed by atoms with Gasteiger partial charge in [-0.15, -0.1) is 6.58 Å². The SMILES string of the molecule is C=CCn1c(C2CC2)c(-c2ccccc2F)sc1=Nc1ccc(CC)cc1. The van der Waals surface area contributed by atoms with Crippen molar-refractivity contribution in [3.63, 3.8) is 0 Å². The topological polar surface area (TPSA) is 17.3 Å². The third-order valence-corrected chi connectivity index (χ3v) is 6.04. The summed E-state index contributed by atoms with van der Waals surface area (Å²) in [6.07, 6.45) is 5.21. The Balaban J connectivity index is 1.90. The van der Waals surface area contributed by atoms with Crippen LogP contribution in [0.15, 0.2) is 66.2 Å². The molecule has 0 bridgehead atoms. The van der Waals surface area contributed by atoms with Gasteiger partial charge in [-0.2, -0.15) is 0 Å². The maximum absolute atomic E-state index is 14.5. The van der Waals surface area contributed by atoms with Crippen molar-refractivity contribution in [2.45, 2.75) is 38.6 Å². The van der Waals surface area contributed by atoms with E-state index in [-0.39, 0.29) is 5.82 Å². The van der Waals surface area contributed by atoms with Gasteiger partial charge in [0.25, 0.3) is 0 Å². The van der Waals surface area contributed by atoms with Crippen LogP contribution in [-0.4, -0.2) is 4.57 Å². The quantitative estimate of drug-likeness (QED) is 0.454. The van der Waals surface area contributed by atoms with Crippen molar-refractivity contribution in [2.75, 3.05) is 0 Å². The normalized spacial score (nSPS) is 14.5. The van der Waals surface area contributed by atoms with Crippen molar-refractivity contribution in [2.24, 2.45) is 4.99 Å². The molecule has 4 heteroatoms. The molecule has 27 heavy (non-hydrogen) atoms. The number of allylic oxidation sites excluding steroid dienone is 1. The molecule has 0 radical (unpaired) electrons. The number of halogens is 1. The number of nitrogens with zero attached hydrogens (tertiary/aromatic N) is 2. The highest BCUT2D eigenvalue weighted by Crippen LogP contribution is 2.46. The third kappa shape index (κ3) is 3.67. The average Bonchev–Trinajstić information content (AvgIpc) is 3.47. The Bertz CT molecular complexity index is 1020. The minimum absolute atomic E-state index is 0.176. The summed E-state index contributed by atoms with van der Waals surface area (Å²) in [5, 5.41) is 0. The fourth-order valence-corrected chi connectivity index (χ4v) is 4.60. The van der Waals surface area contributed by atoms with Crippen LogP contribution in [0.2, 0.25) is 0 Å². The average molecular weight is 379 g/mol. The van der Waals surface area contributed by atoms with Gasteiger partial charge in [-0.05, 0) is 43.0 Å². The summed E-state index contributed by atoms with van der Waals surface area (Å²) in [6, 6.07) is 15.4. The molecule has 0 saturated heterocycles. The number of benzene rings is 2. The number of rotatable bonds is 6. The minimum Gasteiger partial charge on any atom is -0.316 e. The summed E-state index contributed by atoms with van der Waals surface area (Å²) in [5.74, 6) is 0.312. The van der Waals surface area contributed by atoms with Crippen LogP contribution >= 0.6 is 11.3 Å². The molecule has 2 nitrogen and oxygen atoms in total. The van der Waals surface area contributed by atoms with Crippen LogP contribution in [0.4, 0.5) is 10.1 Å². The number of hydrogen-bond donors (Lipinski definition) is 0. The largest absolute Gasteiger partial charge is 0.316 e. The van der Waals surface area contributed by atoms with Gasteiger partial charge in [0.2, 0.25) is 0 Å². The van der Waals surface area contributed by atoms with Crippen molar-refractivity contribution in [3.05, 3.63) is 83.1 Å². The highest BCUT2D eigenvalue weighted by Gasteiger charge is 2.31. The maximum atomic E-state index is 14.5. The molecule has 0 aliphatic heterocycles. The smallest absolute Gasteiger partial charge is 0.191 e. The van der Waals surface area contributed by atoms with Crippen molar-refractivity contribution < 1.29 is 4.39 Å². The molecule has 1 aromatic heterocycles. The van der Waals surface area contributed by atoms with Crippen LogP contribution in [0.25, 0.3) is 10.4 Å². The molecule has 1 aliphatic carbocycles. The third-order valence-electron chi connectivity index (χ3n) is 4.91. The van der Waals surface area contributed by atoms with E-state index in [0.717, 1.165) is 34.6 Å². The van der Waals surface area contributed by atoms with Crippen LogP contribution in [0.3, 0.4) is 0 Å². The molecule has 1 heterocycles. The van der Waals surface area contributed by atoms with Crippen molar-refractivity contribution in [1.82, 2.24) is 4.57 Å². The van der Waals surface area contributed by atoms with Gasteiger partial charge in [-0.25, -0.2) is 9.38 Å². The molecular formula is C23H23FN2S. The molecule has 3 aromatic rings. The zero-order chi connectivity index (χ0) is 18.8. The number of aromatic nitrogens is 1. The Labute approximate surface area is 163 Å². The number of thiazole rings is 1. The van der Waals surface area contributed by atoms with Gasteiger partial charge < -0.3 is 4.57 Å². The van der Waals surface area contributed by atoms with Crippen LogP contribution in [-0.2, 0) is 13.0 Å². The van der Waals surface area contributed by atoms with Crippen LogP contribution in [0, 0.1) is 5.82 Å². The lowest BCUT2D eigenvalue weighted by molar-refractivity contribution is 0.631. The summed E-state index contributed by atoms with van der Waals surface area (Å²) >= 11 is 1.57. The van der Waals surface area contributed by atoms with Crippen LogP contribution in [0.5, 0.6) is 0 Å². The van der Waals surface area contributed by atoms with Gasteiger partial charge in [-0.1, -0.05) is 54.7 Å². The van der Waals surface area contributed by atoms with Crippen molar-refractivity contribution in [3.8, 4) is 10.4 Å². The Hall–Kier alpha value is -2.46. The number of aryl methyl sites for hydroxylation is 1. The van der Waals surface area contributed by atoms with E-state index in [1.165, 1.54) is 17.3 Å². The lowest BCUT2D eigenvalue weighted by Crippen LogP contribution is -2.16. The molecule has 0 atom stereocenters. The lowest BCUT2D eigenvalue weighted by Gasteiger charge is -2.08. The predicted molar refractivity (Wildman–Crippen MR) is 111 cm³/mol. The zero-order valence-corrected chi connectivity index (χ0v) is 16.3. The van der Waals surface area contributed by atoms with E-state index >= 15 is 0 Å². The van der Waals surface area contributed by atoms with E-state index in [0.29, 0.717) is 18.0 Å². The van der Waals surface area contributed by atoms with E-state index in [4.69, 9.17) is 4.99 Å². The van der Waals surface area contributed by atoms with Gasteiger partial charge in [0.15, 0.2) is 4.80 Å². The van der Waals surface area contributed by atoms with Gasteiger partial charge in [0, 0.05) is 23.7 Å². The molecule has 1 fully saturated rings. The molecule has 138 valence electrons. The van der Waals surface area contributed by atoms with Crippen molar-refractivity contribution >= 4 is 17.0 Å². The van der Waals surface area contributed by atoms with E-state index in [1.54, 1.807) is 17.4 Å². The van der Waals surface area contributed by atoms with Gasteiger partial charge in [-0.3, -0.25) is 0 Å². The molecule has 0 spiro atoms. The van der Waals surface area contributed by atoms with Gasteiger partial charge in [0.1, 0.15) is 5.82 Å². The summed E-state index contributed by atoms with van der Waals surface area (Å²) in [5.41, 5.74) is 4.09. The van der Waals surface area contributed by atoms with Crippen LogP contribution < -0.4 is 4.80 Å². The standard InChI is InChI=1S/C23H23FN2S/c1-3-15-26-21(17-11-12-17)22(19-7-5-6-8-20(19)24)27-23(26)25-18-13-9-16(4-2)10-14-18/h3,5-10,13-14,17H,1,4,11-12,15H2,2H3. The molecule has 0 unspecified atom stereocenters. The summed E-state index contributed by atoms with van der Waals surface area (Å²) in [7, 11) is 0. The first-order valence-corrected chi connectivity index (χ1v) is 10.3. The monoisotopic (exact) mass is 378 g/mol. The predicted octanol–water partition coefficient (Wildman–Crippen LogP) is 6.21. The Morgan fingerprint density at radius 3 is 2.56 bits per heavy atom. The van der Waals surface area contributed by atoms with E-state index in [9.17, 15) is 4.39 Å². The van der Waals surface area contributed by atoms with E-state index in [1.807, 2.05) is 18.2 Å². The van der Waals surface area contributed by atoms with E-state index < -0.39 is 0 Å². The van der Waals surface area contributed by atoms with Crippen molar-refractivity contribution in [1.29, 1.82) is 0 Å². The highest BCUT2D eigenvalue weighted by molar-refractivity contribution is 7.13. The first kappa shape index (κ1) is 17.9. The summed E-state index contributed by atoms with van der Waals surface area (Å²) in [4.78, 5) is 6.80. The molecule has 4 rings (SSSR count). The maximum Gasteiger partial charge on any atom is 0.191 e. The molecule has 2 aromatic carbocycles. The number of hydrogen-bond acceptors (Lipinski definition) is 2. The summed E-state index contributed by atoms with van der Waals surface area (Å²) < 4.78 is 16.7. The first-order chi connectivity index (χ1) is 13.2. The molecule has 0 N–H and O–H groups in total.